The molecule has 2 aromatic carbocycles. The van der Waals surface area contributed by atoms with Crippen LogP contribution >= 0.6 is 23.2 Å². The lowest BCUT2D eigenvalue weighted by molar-refractivity contribution is 0.0954. The Hall–Kier alpha value is -2.44. The molecule has 160 valence electrons. The Bertz CT molecular complexity index is 914. The van der Waals surface area contributed by atoms with E-state index in [4.69, 9.17) is 23.2 Å². The summed E-state index contributed by atoms with van der Waals surface area (Å²) in [5.41, 5.74) is 2.44. The number of rotatable bonds is 6. The Balaban J connectivity index is 1.78. The zero-order chi connectivity index (χ0) is 21.5. The van der Waals surface area contributed by atoms with Crippen molar-refractivity contribution in [1.29, 1.82) is 0 Å². The molecule has 6 nitrogen and oxygen atoms in total. The third-order valence-corrected chi connectivity index (χ3v) is 5.46. The lowest BCUT2D eigenvalue weighted by Crippen LogP contribution is -2.33. The summed E-state index contributed by atoms with van der Waals surface area (Å²) in [7, 11) is 0. The first kappa shape index (κ1) is 22.2. The average Bonchev–Trinajstić information content (AvgIpc) is 2.74. The first-order valence-electron chi connectivity index (χ1n) is 10.2. The Labute approximate surface area is 186 Å². The van der Waals surface area contributed by atoms with Crippen molar-refractivity contribution in [2.24, 2.45) is 0 Å². The van der Waals surface area contributed by atoms with Crippen molar-refractivity contribution in [3.8, 4) is 0 Å². The fourth-order valence-corrected chi connectivity index (χ4v) is 3.87. The molecule has 3 amide bonds. The SMILES string of the molecule is CCCNC(=O)c1cc(NC(=O)Nc2ccc(Cl)cc2Cl)ccc1N1CCCCC1. The van der Waals surface area contributed by atoms with Gasteiger partial charge in [-0.15, -0.1) is 0 Å². The van der Waals surface area contributed by atoms with Gasteiger partial charge in [0, 0.05) is 36.0 Å². The molecule has 0 unspecified atom stereocenters. The number of piperidine rings is 1. The highest BCUT2D eigenvalue weighted by Crippen LogP contribution is 2.28. The minimum absolute atomic E-state index is 0.137. The second kappa shape index (κ2) is 10.5. The molecule has 0 radical (unpaired) electrons. The second-order valence-corrected chi connectivity index (χ2v) is 8.08. The Morgan fingerprint density at radius 1 is 1.00 bits per heavy atom. The topological polar surface area (TPSA) is 73.5 Å². The molecular weight excluding hydrogens is 423 g/mol. The molecule has 1 heterocycles. The second-order valence-electron chi connectivity index (χ2n) is 7.24. The summed E-state index contributed by atoms with van der Waals surface area (Å²) in [5, 5.41) is 9.24. The summed E-state index contributed by atoms with van der Waals surface area (Å²) >= 11 is 12.0. The van der Waals surface area contributed by atoms with Crippen LogP contribution in [0, 0.1) is 0 Å². The highest BCUT2D eigenvalue weighted by Gasteiger charge is 2.19. The first-order valence-corrected chi connectivity index (χ1v) is 10.9. The van der Waals surface area contributed by atoms with Crippen LogP contribution in [-0.2, 0) is 0 Å². The maximum absolute atomic E-state index is 12.8. The van der Waals surface area contributed by atoms with Crippen LogP contribution in [-0.4, -0.2) is 31.6 Å². The number of carbonyl (C=O) groups excluding carboxylic acids is 2. The molecular formula is C22H26Cl2N4O2. The first-order chi connectivity index (χ1) is 14.5. The molecule has 0 aromatic heterocycles. The Morgan fingerprint density at radius 2 is 1.77 bits per heavy atom. The summed E-state index contributed by atoms with van der Waals surface area (Å²) in [5.74, 6) is -0.137. The summed E-state index contributed by atoms with van der Waals surface area (Å²) in [6, 6.07) is 9.81. The number of carbonyl (C=O) groups is 2. The largest absolute Gasteiger partial charge is 0.371 e. The van der Waals surface area contributed by atoms with Gasteiger partial charge in [0.05, 0.1) is 16.3 Å². The summed E-state index contributed by atoms with van der Waals surface area (Å²) < 4.78 is 0. The molecule has 3 rings (SSSR count). The number of hydrogen-bond donors (Lipinski definition) is 3. The van der Waals surface area contributed by atoms with E-state index in [1.54, 1.807) is 24.3 Å². The van der Waals surface area contributed by atoms with Gasteiger partial charge in [0.25, 0.3) is 5.91 Å². The van der Waals surface area contributed by atoms with Crippen LogP contribution in [0.1, 0.15) is 43.0 Å². The van der Waals surface area contributed by atoms with Crippen molar-refractivity contribution in [2.45, 2.75) is 32.6 Å². The maximum Gasteiger partial charge on any atom is 0.323 e. The van der Waals surface area contributed by atoms with Crippen LogP contribution in [0.3, 0.4) is 0 Å². The van der Waals surface area contributed by atoms with E-state index >= 15 is 0 Å². The molecule has 0 saturated carbocycles. The van der Waals surface area contributed by atoms with Gasteiger partial charge in [-0.05, 0) is 62.1 Å². The monoisotopic (exact) mass is 448 g/mol. The molecule has 2 aromatic rings. The van der Waals surface area contributed by atoms with Crippen molar-refractivity contribution >= 4 is 52.2 Å². The highest BCUT2D eigenvalue weighted by molar-refractivity contribution is 6.36. The van der Waals surface area contributed by atoms with Gasteiger partial charge in [0.1, 0.15) is 0 Å². The Morgan fingerprint density at radius 3 is 2.47 bits per heavy atom. The predicted octanol–water partition coefficient (Wildman–Crippen LogP) is 5.77. The van der Waals surface area contributed by atoms with Gasteiger partial charge in [0.15, 0.2) is 0 Å². The molecule has 0 bridgehead atoms. The van der Waals surface area contributed by atoms with Gasteiger partial charge in [-0.25, -0.2) is 4.79 Å². The number of urea groups is 1. The maximum atomic E-state index is 12.8. The number of nitrogens with zero attached hydrogens (tertiary/aromatic N) is 1. The predicted molar refractivity (Wildman–Crippen MR) is 124 cm³/mol. The molecule has 0 aliphatic carbocycles. The van der Waals surface area contributed by atoms with E-state index < -0.39 is 6.03 Å². The standard InChI is InChI=1S/C22H26Cl2N4O2/c1-2-10-25-21(29)17-14-16(7-9-20(17)28-11-4-3-5-12-28)26-22(30)27-19-8-6-15(23)13-18(19)24/h6-9,13-14H,2-5,10-12H2,1H3,(H,25,29)(H2,26,27,30). The third kappa shape index (κ3) is 5.80. The van der Waals surface area contributed by atoms with E-state index in [2.05, 4.69) is 20.9 Å². The smallest absolute Gasteiger partial charge is 0.323 e. The van der Waals surface area contributed by atoms with Gasteiger partial charge < -0.3 is 20.9 Å². The van der Waals surface area contributed by atoms with Gasteiger partial charge in [-0.1, -0.05) is 30.1 Å². The zero-order valence-corrected chi connectivity index (χ0v) is 18.4. The number of benzene rings is 2. The van der Waals surface area contributed by atoms with Crippen LogP contribution in [0.2, 0.25) is 10.0 Å². The molecule has 0 spiro atoms. The fourth-order valence-electron chi connectivity index (χ4n) is 3.42. The number of anilines is 3. The molecule has 1 aliphatic rings. The minimum Gasteiger partial charge on any atom is -0.371 e. The Kier molecular flexibility index (Phi) is 7.82. The third-order valence-electron chi connectivity index (χ3n) is 4.91. The van der Waals surface area contributed by atoms with Crippen molar-refractivity contribution in [3.05, 3.63) is 52.0 Å². The summed E-state index contributed by atoms with van der Waals surface area (Å²) in [6.45, 7) is 4.47. The van der Waals surface area contributed by atoms with E-state index in [0.29, 0.717) is 33.5 Å². The fraction of sp³-hybridized carbons (Fsp3) is 0.364. The summed E-state index contributed by atoms with van der Waals surface area (Å²) in [4.78, 5) is 27.4. The van der Waals surface area contributed by atoms with Crippen LogP contribution in [0.25, 0.3) is 0 Å². The van der Waals surface area contributed by atoms with Crippen molar-refractivity contribution in [2.75, 3.05) is 35.2 Å². The number of nitrogens with one attached hydrogen (secondary N) is 3. The molecule has 8 heteroatoms. The lowest BCUT2D eigenvalue weighted by Gasteiger charge is -2.30. The van der Waals surface area contributed by atoms with Crippen LogP contribution < -0.4 is 20.9 Å². The van der Waals surface area contributed by atoms with E-state index in [-0.39, 0.29) is 5.91 Å². The molecule has 30 heavy (non-hydrogen) atoms. The molecule has 1 fully saturated rings. The van der Waals surface area contributed by atoms with E-state index in [1.165, 1.54) is 6.42 Å². The van der Waals surface area contributed by atoms with Gasteiger partial charge in [-0.2, -0.15) is 0 Å². The van der Waals surface area contributed by atoms with Crippen LogP contribution in [0.5, 0.6) is 0 Å². The molecule has 1 saturated heterocycles. The van der Waals surface area contributed by atoms with Crippen LogP contribution in [0.4, 0.5) is 21.9 Å². The molecule has 1 aliphatic heterocycles. The molecule has 3 N–H and O–H groups in total. The van der Waals surface area contributed by atoms with Gasteiger partial charge in [0.2, 0.25) is 0 Å². The highest BCUT2D eigenvalue weighted by atomic mass is 35.5. The van der Waals surface area contributed by atoms with Gasteiger partial charge in [-0.3, -0.25) is 4.79 Å². The normalized spacial score (nSPS) is 13.6. The zero-order valence-electron chi connectivity index (χ0n) is 16.9. The lowest BCUT2D eigenvalue weighted by atomic mass is 10.1. The van der Waals surface area contributed by atoms with Crippen molar-refractivity contribution < 1.29 is 9.59 Å². The van der Waals surface area contributed by atoms with Crippen LogP contribution in [0.15, 0.2) is 36.4 Å². The number of hydrogen-bond acceptors (Lipinski definition) is 3. The number of amides is 3. The van der Waals surface area contributed by atoms with Crippen molar-refractivity contribution in [1.82, 2.24) is 5.32 Å². The number of halogens is 2. The van der Waals surface area contributed by atoms with E-state index in [0.717, 1.165) is 38.0 Å². The van der Waals surface area contributed by atoms with Gasteiger partial charge >= 0.3 is 6.03 Å². The summed E-state index contributed by atoms with van der Waals surface area (Å²) in [6.07, 6.45) is 4.29. The van der Waals surface area contributed by atoms with Crippen molar-refractivity contribution in [3.63, 3.8) is 0 Å². The average molecular weight is 449 g/mol. The molecule has 0 atom stereocenters. The minimum atomic E-state index is -0.454. The van der Waals surface area contributed by atoms with E-state index in [1.807, 2.05) is 19.1 Å². The quantitative estimate of drug-likeness (QED) is 0.525. The van der Waals surface area contributed by atoms with E-state index in [9.17, 15) is 9.59 Å².